The molecule has 0 fully saturated rings. The lowest BCUT2D eigenvalue weighted by atomic mass is 10.0. The van der Waals surface area contributed by atoms with Crippen LogP contribution in [0.2, 0.25) is 0 Å². The summed E-state index contributed by atoms with van der Waals surface area (Å²) in [7, 11) is 0. The van der Waals surface area contributed by atoms with E-state index in [9.17, 15) is 9.90 Å². The number of aliphatic hydroxyl groups excluding tert-OH is 1. The Morgan fingerprint density at radius 1 is 1.06 bits per heavy atom. The van der Waals surface area contributed by atoms with Gasteiger partial charge in [-0.15, -0.1) is 0 Å². The number of ether oxygens (including phenoxy) is 3. The highest BCUT2D eigenvalue weighted by molar-refractivity contribution is 6.04. The number of carbonyl (C=O) groups is 1. The van der Waals surface area contributed by atoms with Gasteiger partial charge in [0.15, 0.2) is 0 Å². The van der Waals surface area contributed by atoms with Gasteiger partial charge in [-0.3, -0.25) is 4.79 Å². The van der Waals surface area contributed by atoms with Gasteiger partial charge >= 0.3 is 0 Å². The lowest BCUT2D eigenvalue weighted by molar-refractivity contribution is -0.121. The second-order valence-electron chi connectivity index (χ2n) is 9.45. The molecule has 36 heavy (non-hydrogen) atoms. The third kappa shape index (κ3) is 9.60. The minimum atomic E-state index is -0.619. The number of carbonyl (C=O) groups excluding carboxylic acids is 1. The minimum Gasteiger partial charge on any atom is -0.492 e. The van der Waals surface area contributed by atoms with E-state index in [0.717, 1.165) is 41.4 Å². The van der Waals surface area contributed by atoms with Crippen molar-refractivity contribution in [3.05, 3.63) is 59.2 Å². The van der Waals surface area contributed by atoms with E-state index < -0.39 is 6.10 Å². The van der Waals surface area contributed by atoms with Gasteiger partial charge in [-0.1, -0.05) is 26.0 Å². The van der Waals surface area contributed by atoms with Crippen LogP contribution < -0.4 is 20.2 Å². The molecule has 1 heterocycles. The second kappa shape index (κ2) is 14.6. The maximum Gasteiger partial charge on any atom is 0.240 e. The molecule has 0 bridgehead atoms. The first-order chi connectivity index (χ1) is 17.4. The van der Waals surface area contributed by atoms with Crippen LogP contribution in [0.1, 0.15) is 43.4 Å². The SMILES string of the molecule is Cc1cc(C2=NNC(=O)CC2)ccc1OCCNCC(O)COc1ccc(CCOCC(C)C)cc1. The summed E-state index contributed by atoms with van der Waals surface area (Å²) >= 11 is 0. The first kappa shape index (κ1) is 27.6. The molecule has 196 valence electrons. The van der Waals surface area contributed by atoms with E-state index in [-0.39, 0.29) is 12.5 Å². The Labute approximate surface area is 214 Å². The fraction of sp³-hybridized carbons (Fsp3) is 0.500. The summed E-state index contributed by atoms with van der Waals surface area (Å²) in [6, 6.07) is 13.8. The van der Waals surface area contributed by atoms with Crippen LogP contribution >= 0.6 is 0 Å². The Morgan fingerprint density at radius 3 is 2.56 bits per heavy atom. The van der Waals surface area contributed by atoms with Crippen molar-refractivity contribution >= 4 is 11.6 Å². The summed E-state index contributed by atoms with van der Waals surface area (Å²) in [4.78, 5) is 11.3. The maximum atomic E-state index is 11.3. The quantitative estimate of drug-likeness (QED) is 0.327. The summed E-state index contributed by atoms with van der Waals surface area (Å²) in [5.74, 6) is 2.04. The van der Waals surface area contributed by atoms with Gasteiger partial charge in [-0.2, -0.15) is 5.10 Å². The van der Waals surface area contributed by atoms with E-state index in [1.807, 2.05) is 49.4 Å². The first-order valence-electron chi connectivity index (χ1n) is 12.7. The summed E-state index contributed by atoms with van der Waals surface area (Å²) in [6.45, 7) is 9.49. The molecular formula is C28H39N3O5. The van der Waals surface area contributed by atoms with Gasteiger partial charge in [0.2, 0.25) is 5.91 Å². The Kier molecular flexibility index (Phi) is 11.2. The van der Waals surface area contributed by atoms with Crippen molar-refractivity contribution in [2.45, 2.75) is 46.1 Å². The number of hydrogen-bond acceptors (Lipinski definition) is 7. The smallest absolute Gasteiger partial charge is 0.240 e. The molecule has 1 atom stereocenters. The lowest BCUT2D eigenvalue weighted by Gasteiger charge is -2.15. The fourth-order valence-corrected chi connectivity index (χ4v) is 3.69. The molecule has 3 N–H and O–H groups in total. The maximum absolute atomic E-state index is 11.3. The van der Waals surface area contributed by atoms with Crippen LogP contribution in [0.25, 0.3) is 0 Å². The number of nitrogens with one attached hydrogen (secondary N) is 2. The van der Waals surface area contributed by atoms with Crippen LogP contribution in [-0.2, 0) is 16.0 Å². The highest BCUT2D eigenvalue weighted by Crippen LogP contribution is 2.21. The number of benzene rings is 2. The number of nitrogens with zero attached hydrogens (tertiary/aromatic N) is 1. The number of amides is 1. The average Bonchev–Trinajstić information content (AvgIpc) is 2.87. The molecule has 1 amide bonds. The topological polar surface area (TPSA) is 101 Å². The molecule has 8 heteroatoms. The predicted octanol–water partition coefficient (Wildman–Crippen LogP) is 3.23. The molecule has 0 aliphatic carbocycles. The summed E-state index contributed by atoms with van der Waals surface area (Å²) in [5, 5.41) is 17.5. The molecule has 0 saturated carbocycles. The normalized spacial score (nSPS) is 14.4. The number of hydrogen-bond donors (Lipinski definition) is 3. The predicted molar refractivity (Wildman–Crippen MR) is 141 cm³/mol. The highest BCUT2D eigenvalue weighted by atomic mass is 16.5. The van der Waals surface area contributed by atoms with Crippen LogP contribution in [0.5, 0.6) is 11.5 Å². The zero-order chi connectivity index (χ0) is 25.8. The lowest BCUT2D eigenvalue weighted by Crippen LogP contribution is -2.33. The third-order valence-corrected chi connectivity index (χ3v) is 5.68. The van der Waals surface area contributed by atoms with Crippen LogP contribution in [-0.4, -0.2) is 62.3 Å². The Hall–Kier alpha value is -2.94. The molecule has 8 nitrogen and oxygen atoms in total. The van der Waals surface area contributed by atoms with Gasteiger partial charge in [0.25, 0.3) is 0 Å². The van der Waals surface area contributed by atoms with E-state index in [4.69, 9.17) is 14.2 Å². The first-order valence-corrected chi connectivity index (χ1v) is 12.7. The fourth-order valence-electron chi connectivity index (χ4n) is 3.69. The number of rotatable bonds is 15. The van der Waals surface area contributed by atoms with Gasteiger partial charge in [0.05, 0.1) is 12.3 Å². The van der Waals surface area contributed by atoms with Gasteiger partial charge in [-0.25, -0.2) is 5.43 Å². The summed E-state index contributed by atoms with van der Waals surface area (Å²) in [6.07, 6.45) is 1.35. The minimum absolute atomic E-state index is 0.0487. The Balaban J connectivity index is 1.28. The largest absolute Gasteiger partial charge is 0.492 e. The van der Waals surface area contributed by atoms with Gasteiger partial charge in [-0.05, 0) is 66.3 Å². The van der Waals surface area contributed by atoms with Crippen molar-refractivity contribution in [3.63, 3.8) is 0 Å². The monoisotopic (exact) mass is 497 g/mol. The van der Waals surface area contributed by atoms with Crippen molar-refractivity contribution in [2.75, 3.05) is 39.5 Å². The third-order valence-electron chi connectivity index (χ3n) is 5.68. The van der Waals surface area contributed by atoms with Crippen molar-refractivity contribution in [2.24, 2.45) is 11.0 Å². The number of aryl methyl sites for hydroxylation is 1. The van der Waals surface area contributed by atoms with E-state index in [1.54, 1.807) is 0 Å². The van der Waals surface area contributed by atoms with Gasteiger partial charge in [0, 0.05) is 32.5 Å². The van der Waals surface area contributed by atoms with Crippen LogP contribution in [0.15, 0.2) is 47.6 Å². The van der Waals surface area contributed by atoms with Gasteiger partial charge < -0.3 is 24.6 Å². The van der Waals surface area contributed by atoms with E-state index in [2.05, 4.69) is 29.7 Å². The Morgan fingerprint density at radius 2 is 1.86 bits per heavy atom. The van der Waals surface area contributed by atoms with Crippen LogP contribution in [0, 0.1) is 12.8 Å². The van der Waals surface area contributed by atoms with Crippen molar-refractivity contribution in [1.29, 1.82) is 0 Å². The van der Waals surface area contributed by atoms with Crippen LogP contribution in [0.3, 0.4) is 0 Å². The van der Waals surface area contributed by atoms with E-state index >= 15 is 0 Å². The molecule has 1 unspecified atom stereocenters. The molecule has 2 aromatic carbocycles. The van der Waals surface area contributed by atoms with Gasteiger partial charge in [0.1, 0.15) is 30.8 Å². The summed E-state index contributed by atoms with van der Waals surface area (Å²) < 4.78 is 17.2. The molecule has 0 saturated heterocycles. The molecule has 1 aliphatic rings. The standard InChI is InChI=1S/C28H39N3O5/c1-20(2)18-34-14-12-22-4-7-25(8-5-22)36-19-24(32)17-29-13-15-35-27-10-6-23(16-21(27)3)26-9-11-28(33)31-30-26/h4-8,10,16,20,24,29,32H,9,11-15,17-19H2,1-3H3,(H,31,33). The molecule has 1 aliphatic heterocycles. The number of hydrazone groups is 1. The van der Waals surface area contributed by atoms with E-state index in [1.165, 1.54) is 5.56 Å². The molecule has 0 aromatic heterocycles. The highest BCUT2D eigenvalue weighted by Gasteiger charge is 2.14. The van der Waals surface area contributed by atoms with Crippen molar-refractivity contribution < 1.29 is 24.1 Å². The van der Waals surface area contributed by atoms with E-state index in [0.29, 0.717) is 45.1 Å². The van der Waals surface area contributed by atoms with Crippen molar-refractivity contribution in [1.82, 2.24) is 10.7 Å². The Bertz CT molecular complexity index is 991. The zero-order valence-corrected chi connectivity index (χ0v) is 21.6. The van der Waals surface area contributed by atoms with Crippen LogP contribution in [0.4, 0.5) is 0 Å². The average molecular weight is 498 g/mol. The second-order valence-corrected chi connectivity index (χ2v) is 9.45. The van der Waals surface area contributed by atoms with Crippen molar-refractivity contribution in [3.8, 4) is 11.5 Å². The molecule has 2 aromatic rings. The zero-order valence-electron chi connectivity index (χ0n) is 21.6. The molecule has 0 radical (unpaired) electrons. The molecule has 3 rings (SSSR count). The molecular weight excluding hydrogens is 458 g/mol. The number of aliphatic hydroxyl groups is 1. The molecule has 0 spiro atoms. The summed E-state index contributed by atoms with van der Waals surface area (Å²) in [5.41, 5.74) is 6.61.